The zero-order valence-electron chi connectivity index (χ0n) is 11.4. The van der Waals surface area contributed by atoms with Crippen molar-refractivity contribution in [2.45, 2.75) is 6.54 Å². The van der Waals surface area contributed by atoms with Gasteiger partial charge in [-0.25, -0.2) is 9.69 Å². The monoisotopic (exact) mass is 335 g/mol. The summed E-state index contributed by atoms with van der Waals surface area (Å²) < 4.78 is 0. The summed E-state index contributed by atoms with van der Waals surface area (Å²) >= 11 is 11.7. The number of hydrogen-bond donors (Lipinski definition) is 0. The molecular formula is C15H11Cl2N3O2. The van der Waals surface area contributed by atoms with E-state index in [0.717, 1.165) is 10.5 Å². The third-order valence-electron chi connectivity index (χ3n) is 3.27. The molecule has 0 unspecified atom stereocenters. The Bertz CT molecular complexity index is 734. The number of carbonyl (C=O) groups is 2. The van der Waals surface area contributed by atoms with Gasteiger partial charge in [0.1, 0.15) is 6.54 Å². The van der Waals surface area contributed by atoms with Crippen LogP contribution in [0.5, 0.6) is 0 Å². The number of anilines is 1. The smallest absolute Gasteiger partial charge is 0.310 e. The summed E-state index contributed by atoms with van der Waals surface area (Å²) in [6, 6.07) is 8.29. The van der Waals surface area contributed by atoms with Crippen LogP contribution in [0.15, 0.2) is 42.7 Å². The van der Waals surface area contributed by atoms with Gasteiger partial charge < -0.3 is 4.90 Å². The quantitative estimate of drug-likeness (QED) is 0.808. The molecule has 1 aliphatic rings. The Morgan fingerprint density at radius 3 is 2.45 bits per heavy atom. The maximum absolute atomic E-state index is 12.4. The van der Waals surface area contributed by atoms with E-state index in [0.29, 0.717) is 22.3 Å². The first-order valence-electron chi connectivity index (χ1n) is 6.51. The average Bonchev–Trinajstić information content (AvgIpc) is 2.76. The summed E-state index contributed by atoms with van der Waals surface area (Å²) in [5, 5.41) is 0.994. The molecule has 0 radical (unpaired) electrons. The summed E-state index contributed by atoms with van der Waals surface area (Å²) in [4.78, 5) is 31.0. The Morgan fingerprint density at radius 1 is 1.05 bits per heavy atom. The summed E-state index contributed by atoms with van der Waals surface area (Å²) in [5.74, 6) is -0.303. The van der Waals surface area contributed by atoms with Gasteiger partial charge >= 0.3 is 6.03 Å². The van der Waals surface area contributed by atoms with E-state index >= 15 is 0 Å². The van der Waals surface area contributed by atoms with Gasteiger partial charge in [0.2, 0.25) is 0 Å². The number of pyridine rings is 1. The molecule has 0 bridgehead atoms. The maximum atomic E-state index is 12.4. The van der Waals surface area contributed by atoms with Crippen LogP contribution in [0.4, 0.5) is 10.5 Å². The van der Waals surface area contributed by atoms with Gasteiger partial charge in [-0.3, -0.25) is 9.78 Å². The van der Waals surface area contributed by atoms with Crippen molar-refractivity contribution >= 4 is 40.8 Å². The van der Waals surface area contributed by atoms with Crippen LogP contribution in [-0.4, -0.2) is 28.4 Å². The highest BCUT2D eigenvalue weighted by Gasteiger charge is 2.37. The number of carbonyl (C=O) groups excluding carboxylic acids is 2. The standard InChI is InChI=1S/C15H11Cl2N3O2/c16-11-3-1-10(2-4-11)8-19-9-14(21)20(15(19)22)13-5-12(17)6-18-7-13/h1-7H,8-9H2. The van der Waals surface area contributed by atoms with Gasteiger partial charge in [0, 0.05) is 17.8 Å². The number of aromatic nitrogens is 1. The molecule has 112 valence electrons. The van der Waals surface area contributed by atoms with Gasteiger partial charge in [-0.2, -0.15) is 0 Å². The highest BCUT2D eigenvalue weighted by atomic mass is 35.5. The number of benzene rings is 1. The van der Waals surface area contributed by atoms with Crippen LogP contribution in [0.1, 0.15) is 5.56 Å². The van der Waals surface area contributed by atoms with Crippen molar-refractivity contribution in [3.63, 3.8) is 0 Å². The van der Waals surface area contributed by atoms with E-state index in [1.54, 1.807) is 12.1 Å². The van der Waals surface area contributed by atoms with Crippen LogP contribution in [0.3, 0.4) is 0 Å². The first-order chi connectivity index (χ1) is 10.5. The lowest BCUT2D eigenvalue weighted by molar-refractivity contribution is -0.116. The van der Waals surface area contributed by atoms with E-state index in [1.165, 1.54) is 23.4 Å². The highest BCUT2D eigenvalue weighted by molar-refractivity contribution is 6.31. The summed E-state index contributed by atoms with van der Waals surface area (Å²) in [6.45, 7) is 0.361. The zero-order chi connectivity index (χ0) is 15.7. The number of nitrogens with zero attached hydrogens (tertiary/aromatic N) is 3. The molecule has 3 rings (SSSR count). The molecule has 22 heavy (non-hydrogen) atoms. The fourth-order valence-corrected chi connectivity index (χ4v) is 2.55. The molecule has 0 atom stereocenters. The first-order valence-corrected chi connectivity index (χ1v) is 7.27. The predicted molar refractivity (Wildman–Crippen MR) is 84.0 cm³/mol. The van der Waals surface area contributed by atoms with Crippen LogP contribution in [-0.2, 0) is 11.3 Å². The van der Waals surface area contributed by atoms with Crippen molar-refractivity contribution in [3.8, 4) is 0 Å². The molecule has 1 fully saturated rings. The number of halogens is 2. The Hall–Kier alpha value is -2.11. The molecule has 1 aromatic carbocycles. The van der Waals surface area contributed by atoms with E-state index in [2.05, 4.69) is 4.98 Å². The average molecular weight is 336 g/mol. The van der Waals surface area contributed by atoms with E-state index in [-0.39, 0.29) is 18.5 Å². The second-order valence-corrected chi connectivity index (χ2v) is 5.73. The Kier molecular flexibility index (Phi) is 4.00. The number of amides is 3. The minimum Gasteiger partial charge on any atom is -0.310 e. The molecule has 1 saturated heterocycles. The number of urea groups is 1. The largest absolute Gasteiger partial charge is 0.332 e. The first kappa shape index (κ1) is 14.8. The van der Waals surface area contributed by atoms with Crippen molar-refractivity contribution in [1.29, 1.82) is 0 Å². The van der Waals surface area contributed by atoms with Crippen LogP contribution >= 0.6 is 23.2 Å². The van der Waals surface area contributed by atoms with Gasteiger partial charge in [-0.1, -0.05) is 35.3 Å². The molecule has 0 spiro atoms. The molecule has 1 aromatic heterocycles. The van der Waals surface area contributed by atoms with E-state index in [9.17, 15) is 9.59 Å². The van der Waals surface area contributed by atoms with E-state index < -0.39 is 0 Å². The van der Waals surface area contributed by atoms with Crippen molar-refractivity contribution in [3.05, 3.63) is 58.3 Å². The third kappa shape index (κ3) is 2.91. The molecule has 0 N–H and O–H groups in total. The van der Waals surface area contributed by atoms with Crippen molar-refractivity contribution in [2.75, 3.05) is 11.4 Å². The van der Waals surface area contributed by atoms with Crippen LogP contribution < -0.4 is 4.90 Å². The van der Waals surface area contributed by atoms with Gasteiger partial charge in [0.25, 0.3) is 5.91 Å². The molecule has 0 saturated carbocycles. The summed E-state index contributed by atoms with van der Waals surface area (Å²) in [6.07, 6.45) is 2.88. The van der Waals surface area contributed by atoms with Crippen molar-refractivity contribution in [1.82, 2.24) is 9.88 Å². The second-order valence-electron chi connectivity index (χ2n) is 4.86. The highest BCUT2D eigenvalue weighted by Crippen LogP contribution is 2.24. The number of imide groups is 1. The van der Waals surface area contributed by atoms with Gasteiger partial charge in [-0.05, 0) is 23.8 Å². The molecule has 7 heteroatoms. The topological polar surface area (TPSA) is 53.5 Å². The SMILES string of the molecule is O=C1CN(Cc2ccc(Cl)cc2)C(=O)N1c1cncc(Cl)c1. The maximum Gasteiger partial charge on any atom is 0.332 e. The zero-order valence-corrected chi connectivity index (χ0v) is 12.9. The molecule has 2 aromatic rings. The number of rotatable bonds is 3. The molecule has 2 heterocycles. The lowest BCUT2D eigenvalue weighted by Gasteiger charge is -2.17. The Morgan fingerprint density at radius 2 is 1.77 bits per heavy atom. The Balaban J connectivity index is 1.81. The molecule has 0 aliphatic carbocycles. The Labute approximate surface area is 137 Å². The molecular weight excluding hydrogens is 325 g/mol. The molecule has 1 aliphatic heterocycles. The van der Waals surface area contributed by atoms with Crippen molar-refractivity contribution in [2.24, 2.45) is 0 Å². The third-order valence-corrected chi connectivity index (χ3v) is 3.73. The van der Waals surface area contributed by atoms with E-state index in [1.807, 2.05) is 12.1 Å². The lowest BCUT2D eigenvalue weighted by Crippen LogP contribution is -2.32. The van der Waals surface area contributed by atoms with Crippen molar-refractivity contribution < 1.29 is 9.59 Å². The minimum atomic E-state index is -0.385. The van der Waals surface area contributed by atoms with E-state index in [4.69, 9.17) is 23.2 Å². The molecule has 3 amide bonds. The molecule has 5 nitrogen and oxygen atoms in total. The number of hydrogen-bond acceptors (Lipinski definition) is 3. The fraction of sp³-hybridized carbons (Fsp3) is 0.133. The van der Waals surface area contributed by atoms with Gasteiger partial charge in [-0.15, -0.1) is 0 Å². The predicted octanol–water partition coefficient (Wildman–Crippen LogP) is 3.36. The lowest BCUT2D eigenvalue weighted by atomic mass is 10.2. The summed E-state index contributed by atoms with van der Waals surface area (Å²) in [7, 11) is 0. The van der Waals surface area contributed by atoms with Crippen LogP contribution in [0.25, 0.3) is 0 Å². The van der Waals surface area contributed by atoms with Crippen LogP contribution in [0.2, 0.25) is 10.0 Å². The normalized spacial score (nSPS) is 14.8. The van der Waals surface area contributed by atoms with Crippen LogP contribution in [0, 0.1) is 0 Å². The summed E-state index contributed by atoms with van der Waals surface area (Å²) in [5.41, 5.74) is 1.28. The van der Waals surface area contributed by atoms with Gasteiger partial charge in [0.15, 0.2) is 0 Å². The fourth-order valence-electron chi connectivity index (χ4n) is 2.26. The van der Waals surface area contributed by atoms with Gasteiger partial charge in [0.05, 0.1) is 16.9 Å². The second kappa shape index (κ2) is 5.94. The minimum absolute atomic E-state index is 0.0218.